The fourth-order valence-corrected chi connectivity index (χ4v) is 2.82. The molecular weight excluding hydrogens is 312 g/mol. The van der Waals surface area contributed by atoms with Crippen LogP contribution < -0.4 is 5.32 Å². The van der Waals surface area contributed by atoms with Crippen molar-refractivity contribution < 1.29 is 23.8 Å². The van der Waals surface area contributed by atoms with Gasteiger partial charge in [0, 0.05) is 6.61 Å². The molecule has 0 saturated carbocycles. The predicted molar refractivity (Wildman–Crippen MR) is 85.3 cm³/mol. The summed E-state index contributed by atoms with van der Waals surface area (Å²) in [6.07, 6.45) is 0.180. The average Bonchev–Trinajstić information content (AvgIpc) is 3.00. The van der Waals surface area contributed by atoms with Gasteiger partial charge in [0.25, 0.3) is 0 Å². The third kappa shape index (κ3) is 4.46. The van der Waals surface area contributed by atoms with Crippen LogP contribution in [0.5, 0.6) is 0 Å². The highest BCUT2D eigenvalue weighted by Gasteiger charge is 2.30. The molecule has 2 aliphatic rings. The summed E-state index contributed by atoms with van der Waals surface area (Å²) in [7, 11) is 0. The van der Waals surface area contributed by atoms with Crippen molar-refractivity contribution in [1.29, 1.82) is 0 Å². The molecule has 0 spiro atoms. The van der Waals surface area contributed by atoms with Crippen LogP contribution in [0, 0.1) is 0 Å². The lowest BCUT2D eigenvalue weighted by molar-refractivity contribution is -0.127. The number of nitrogens with one attached hydrogen (secondary N) is 1. The Morgan fingerprint density at radius 3 is 2.88 bits per heavy atom. The average molecular weight is 334 g/mol. The molecule has 0 unspecified atom stereocenters. The minimum atomic E-state index is -0.443. The fraction of sp³-hybridized carbons (Fsp3) is 0.529. The molecule has 24 heavy (non-hydrogen) atoms. The smallest absolute Gasteiger partial charge is 0.410 e. The second kappa shape index (κ2) is 8.12. The number of benzene rings is 1. The summed E-state index contributed by atoms with van der Waals surface area (Å²) in [5, 5.41) is 2.91. The number of carbonyl (C=O) groups is 2. The van der Waals surface area contributed by atoms with Gasteiger partial charge >= 0.3 is 6.09 Å². The van der Waals surface area contributed by atoms with Crippen LogP contribution in [0.3, 0.4) is 0 Å². The second-order valence-corrected chi connectivity index (χ2v) is 5.91. The van der Waals surface area contributed by atoms with Crippen LogP contribution in [-0.4, -0.2) is 62.0 Å². The molecule has 2 heterocycles. The molecule has 7 heteroatoms. The van der Waals surface area contributed by atoms with Gasteiger partial charge < -0.3 is 19.5 Å². The largest absolute Gasteiger partial charge is 0.448 e. The molecule has 2 amide bonds. The molecule has 0 bridgehead atoms. The topological polar surface area (TPSA) is 77.1 Å². The van der Waals surface area contributed by atoms with E-state index in [1.807, 2.05) is 30.3 Å². The first-order valence-corrected chi connectivity index (χ1v) is 8.17. The van der Waals surface area contributed by atoms with Crippen molar-refractivity contribution in [3.8, 4) is 0 Å². The highest BCUT2D eigenvalue weighted by atomic mass is 16.6. The van der Waals surface area contributed by atoms with E-state index in [0.717, 1.165) is 12.0 Å². The quantitative estimate of drug-likeness (QED) is 0.837. The first-order valence-electron chi connectivity index (χ1n) is 8.17. The SMILES string of the molecule is O=C(CN1CCOC1=O)N[C@@H]1COCC[C@@H]1OCc1ccccc1. The summed E-state index contributed by atoms with van der Waals surface area (Å²) in [6, 6.07) is 9.70. The third-order valence-electron chi connectivity index (χ3n) is 4.13. The molecular formula is C17H22N2O5. The van der Waals surface area contributed by atoms with Crippen LogP contribution in [0.2, 0.25) is 0 Å². The van der Waals surface area contributed by atoms with Crippen molar-refractivity contribution in [2.45, 2.75) is 25.2 Å². The van der Waals surface area contributed by atoms with Crippen molar-refractivity contribution in [3.63, 3.8) is 0 Å². The molecule has 0 aromatic heterocycles. The van der Waals surface area contributed by atoms with Gasteiger partial charge in [-0.25, -0.2) is 4.79 Å². The molecule has 2 atom stereocenters. The van der Waals surface area contributed by atoms with Gasteiger partial charge in [0.1, 0.15) is 13.2 Å². The van der Waals surface area contributed by atoms with E-state index in [9.17, 15) is 9.59 Å². The standard InChI is InChI=1S/C17H22N2O5/c20-16(10-19-7-9-23-17(19)21)18-14-12-22-8-6-15(14)24-11-13-4-2-1-3-5-13/h1-5,14-15H,6-12H2,(H,18,20)/t14-,15+/m1/s1. The van der Waals surface area contributed by atoms with E-state index in [2.05, 4.69) is 5.32 Å². The van der Waals surface area contributed by atoms with Crippen LogP contribution in [0.4, 0.5) is 4.79 Å². The van der Waals surface area contributed by atoms with E-state index in [-0.39, 0.29) is 24.6 Å². The van der Waals surface area contributed by atoms with Gasteiger partial charge in [-0.1, -0.05) is 30.3 Å². The zero-order valence-corrected chi connectivity index (χ0v) is 13.5. The molecule has 1 N–H and O–H groups in total. The van der Waals surface area contributed by atoms with E-state index in [1.165, 1.54) is 4.90 Å². The van der Waals surface area contributed by atoms with E-state index in [4.69, 9.17) is 14.2 Å². The molecule has 2 fully saturated rings. The lowest BCUT2D eigenvalue weighted by Gasteiger charge is -2.32. The molecule has 1 aromatic rings. The van der Waals surface area contributed by atoms with Gasteiger partial charge in [-0.15, -0.1) is 0 Å². The van der Waals surface area contributed by atoms with E-state index in [1.54, 1.807) is 0 Å². The van der Waals surface area contributed by atoms with Crippen molar-refractivity contribution in [2.75, 3.05) is 32.9 Å². The maximum absolute atomic E-state index is 12.2. The van der Waals surface area contributed by atoms with Crippen LogP contribution in [0.1, 0.15) is 12.0 Å². The lowest BCUT2D eigenvalue weighted by Crippen LogP contribution is -2.52. The molecule has 7 nitrogen and oxygen atoms in total. The van der Waals surface area contributed by atoms with E-state index in [0.29, 0.717) is 33.0 Å². The minimum absolute atomic E-state index is 0.000733. The van der Waals surface area contributed by atoms with Crippen LogP contribution in [0.15, 0.2) is 30.3 Å². The number of amides is 2. The Kier molecular flexibility index (Phi) is 5.66. The van der Waals surface area contributed by atoms with Crippen LogP contribution >= 0.6 is 0 Å². The highest BCUT2D eigenvalue weighted by molar-refractivity contribution is 5.83. The normalized spacial score (nSPS) is 23.8. The summed E-state index contributed by atoms with van der Waals surface area (Å²) in [4.78, 5) is 24.9. The summed E-state index contributed by atoms with van der Waals surface area (Å²) in [5.41, 5.74) is 1.09. The monoisotopic (exact) mass is 334 g/mol. The second-order valence-electron chi connectivity index (χ2n) is 5.91. The Bertz CT molecular complexity index is 565. The van der Waals surface area contributed by atoms with Gasteiger partial charge in [0.05, 0.1) is 31.9 Å². The zero-order chi connectivity index (χ0) is 16.8. The summed E-state index contributed by atoms with van der Waals surface area (Å²) >= 11 is 0. The predicted octanol–water partition coefficient (Wildman–Crippen LogP) is 0.929. The van der Waals surface area contributed by atoms with Gasteiger partial charge in [-0.2, -0.15) is 0 Å². The number of rotatable bonds is 6. The van der Waals surface area contributed by atoms with Crippen molar-refractivity contribution in [2.24, 2.45) is 0 Å². The van der Waals surface area contributed by atoms with Gasteiger partial charge in [-0.05, 0) is 12.0 Å². The molecule has 0 radical (unpaired) electrons. The molecule has 0 aliphatic carbocycles. The lowest BCUT2D eigenvalue weighted by atomic mass is 10.1. The molecule has 2 aliphatic heterocycles. The Balaban J connectivity index is 1.50. The molecule has 2 saturated heterocycles. The first-order chi connectivity index (χ1) is 11.7. The highest BCUT2D eigenvalue weighted by Crippen LogP contribution is 2.15. The Morgan fingerprint density at radius 1 is 1.29 bits per heavy atom. The fourth-order valence-electron chi connectivity index (χ4n) is 2.82. The maximum Gasteiger partial charge on any atom is 0.410 e. The maximum atomic E-state index is 12.2. The van der Waals surface area contributed by atoms with Crippen molar-refractivity contribution in [1.82, 2.24) is 10.2 Å². The molecule has 1 aromatic carbocycles. The minimum Gasteiger partial charge on any atom is -0.448 e. The molecule has 3 rings (SSSR count). The number of nitrogens with zero attached hydrogens (tertiary/aromatic N) is 1. The first kappa shape index (κ1) is 16.7. The van der Waals surface area contributed by atoms with E-state index >= 15 is 0 Å². The van der Waals surface area contributed by atoms with E-state index < -0.39 is 6.09 Å². The summed E-state index contributed by atoms with van der Waals surface area (Å²) < 4.78 is 16.3. The summed E-state index contributed by atoms with van der Waals surface area (Å²) in [6.45, 7) is 2.31. The number of cyclic esters (lactones) is 1. The zero-order valence-electron chi connectivity index (χ0n) is 13.5. The number of hydrogen-bond donors (Lipinski definition) is 1. The number of ether oxygens (including phenoxy) is 3. The van der Waals surface area contributed by atoms with Crippen molar-refractivity contribution in [3.05, 3.63) is 35.9 Å². The van der Waals surface area contributed by atoms with Gasteiger partial charge in [0.2, 0.25) is 5.91 Å². The van der Waals surface area contributed by atoms with Crippen LogP contribution in [-0.2, 0) is 25.6 Å². The number of carbonyl (C=O) groups excluding carboxylic acids is 2. The number of hydrogen-bond acceptors (Lipinski definition) is 5. The Labute approximate surface area is 140 Å². The van der Waals surface area contributed by atoms with Gasteiger partial charge in [0.15, 0.2) is 0 Å². The van der Waals surface area contributed by atoms with Crippen molar-refractivity contribution >= 4 is 12.0 Å². The van der Waals surface area contributed by atoms with Gasteiger partial charge in [-0.3, -0.25) is 9.69 Å². The summed E-state index contributed by atoms with van der Waals surface area (Å²) in [5.74, 6) is -0.224. The third-order valence-corrected chi connectivity index (χ3v) is 4.13. The van der Waals surface area contributed by atoms with Crippen LogP contribution in [0.25, 0.3) is 0 Å². The molecule has 130 valence electrons. The Hall–Kier alpha value is -2.12. The Morgan fingerprint density at radius 2 is 2.12 bits per heavy atom.